The van der Waals surface area contributed by atoms with Crippen molar-refractivity contribution in [2.75, 3.05) is 11.9 Å². The van der Waals surface area contributed by atoms with Crippen molar-refractivity contribution in [3.05, 3.63) is 29.8 Å². The number of carbonyl (C=O) groups is 2. The van der Waals surface area contributed by atoms with Crippen molar-refractivity contribution in [1.29, 1.82) is 0 Å². The summed E-state index contributed by atoms with van der Waals surface area (Å²) in [6, 6.07) is 7.01. The highest BCUT2D eigenvalue weighted by molar-refractivity contribution is 5.89. The molecule has 0 aromatic heterocycles. The summed E-state index contributed by atoms with van der Waals surface area (Å²) in [5.41, 5.74) is 1.32. The van der Waals surface area contributed by atoms with Gasteiger partial charge in [0.05, 0.1) is 6.42 Å². The van der Waals surface area contributed by atoms with Crippen LogP contribution in [0.1, 0.15) is 32.3 Å². The van der Waals surface area contributed by atoms with Crippen molar-refractivity contribution in [3.63, 3.8) is 0 Å². The van der Waals surface area contributed by atoms with Crippen molar-refractivity contribution >= 4 is 17.7 Å². The molecule has 1 aliphatic rings. The largest absolute Gasteiger partial charge is 0.481 e. The highest BCUT2D eigenvalue weighted by atomic mass is 16.4. The first-order valence-electron chi connectivity index (χ1n) is 7.34. The standard InChI is InChI=1S/C16H22N2O3/c1-11(2)18(10-12-6-7-12)16(21)17-14-5-3-4-13(8-14)9-15(19)20/h3-5,8,11-12H,6-7,9-10H2,1-2H3,(H,17,21)(H,19,20). The topological polar surface area (TPSA) is 69.6 Å². The second kappa shape index (κ2) is 6.61. The number of carbonyl (C=O) groups excluding carboxylic acids is 1. The van der Waals surface area contributed by atoms with E-state index < -0.39 is 5.97 Å². The normalized spacial score (nSPS) is 14.0. The molecule has 0 heterocycles. The van der Waals surface area contributed by atoms with E-state index in [0.29, 0.717) is 17.2 Å². The first-order valence-corrected chi connectivity index (χ1v) is 7.34. The van der Waals surface area contributed by atoms with Gasteiger partial charge in [0.25, 0.3) is 0 Å². The van der Waals surface area contributed by atoms with E-state index in [-0.39, 0.29) is 18.5 Å². The molecule has 1 aliphatic carbocycles. The molecular formula is C16H22N2O3. The van der Waals surface area contributed by atoms with Crippen LogP contribution in [0.25, 0.3) is 0 Å². The van der Waals surface area contributed by atoms with Crippen LogP contribution < -0.4 is 5.32 Å². The number of rotatable bonds is 6. The number of benzene rings is 1. The molecule has 0 unspecified atom stereocenters. The molecule has 0 radical (unpaired) electrons. The van der Waals surface area contributed by atoms with E-state index >= 15 is 0 Å². The van der Waals surface area contributed by atoms with Gasteiger partial charge in [-0.2, -0.15) is 0 Å². The molecule has 21 heavy (non-hydrogen) atoms. The van der Waals surface area contributed by atoms with Crippen LogP contribution in [0, 0.1) is 5.92 Å². The maximum Gasteiger partial charge on any atom is 0.322 e. The monoisotopic (exact) mass is 290 g/mol. The second-order valence-electron chi connectivity index (χ2n) is 5.89. The van der Waals surface area contributed by atoms with Gasteiger partial charge in [-0.25, -0.2) is 4.79 Å². The molecule has 1 aromatic carbocycles. The summed E-state index contributed by atoms with van der Waals surface area (Å²) >= 11 is 0. The van der Waals surface area contributed by atoms with Crippen LogP contribution in [0.2, 0.25) is 0 Å². The number of urea groups is 1. The number of nitrogens with one attached hydrogen (secondary N) is 1. The molecule has 1 aromatic rings. The van der Waals surface area contributed by atoms with Gasteiger partial charge in [-0.15, -0.1) is 0 Å². The lowest BCUT2D eigenvalue weighted by Gasteiger charge is -2.27. The molecule has 1 fully saturated rings. The number of anilines is 1. The summed E-state index contributed by atoms with van der Waals surface area (Å²) in [5, 5.41) is 11.7. The lowest BCUT2D eigenvalue weighted by atomic mass is 10.1. The summed E-state index contributed by atoms with van der Waals surface area (Å²) in [6.07, 6.45) is 2.36. The second-order valence-corrected chi connectivity index (χ2v) is 5.89. The van der Waals surface area contributed by atoms with Crippen molar-refractivity contribution in [1.82, 2.24) is 4.90 Å². The number of hydrogen-bond acceptors (Lipinski definition) is 2. The Labute approximate surface area is 125 Å². The van der Waals surface area contributed by atoms with Gasteiger partial charge in [0.1, 0.15) is 0 Å². The summed E-state index contributed by atoms with van der Waals surface area (Å²) in [5.74, 6) is -0.243. The van der Waals surface area contributed by atoms with Crippen LogP contribution in [-0.2, 0) is 11.2 Å². The quantitative estimate of drug-likeness (QED) is 0.846. The van der Waals surface area contributed by atoms with Gasteiger partial charge in [0.15, 0.2) is 0 Å². The van der Waals surface area contributed by atoms with Gasteiger partial charge in [-0.3, -0.25) is 4.79 Å². The summed E-state index contributed by atoms with van der Waals surface area (Å²) < 4.78 is 0. The number of amides is 2. The Morgan fingerprint density at radius 1 is 1.38 bits per heavy atom. The lowest BCUT2D eigenvalue weighted by molar-refractivity contribution is -0.136. The van der Waals surface area contributed by atoms with Crippen LogP contribution in [0.4, 0.5) is 10.5 Å². The van der Waals surface area contributed by atoms with Gasteiger partial charge in [0.2, 0.25) is 0 Å². The van der Waals surface area contributed by atoms with Gasteiger partial charge >= 0.3 is 12.0 Å². The molecule has 0 bridgehead atoms. The van der Waals surface area contributed by atoms with Gasteiger partial charge < -0.3 is 15.3 Å². The highest BCUT2D eigenvalue weighted by Crippen LogP contribution is 2.30. The Morgan fingerprint density at radius 2 is 2.10 bits per heavy atom. The zero-order valence-electron chi connectivity index (χ0n) is 12.5. The highest BCUT2D eigenvalue weighted by Gasteiger charge is 2.28. The number of carboxylic acid groups (broad SMARTS) is 1. The fourth-order valence-electron chi connectivity index (χ4n) is 2.24. The minimum atomic E-state index is -0.879. The Kier molecular flexibility index (Phi) is 4.83. The summed E-state index contributed by atoms with van der Waals surface area (Å²) in [6.45, 7) is 4.80. The number of nitrogens with zero attached hydrogens (tertiary/aromatic N) is 1. The van der Waals surface area contributed by atoms with Crippen LogP contribution >= 0.6 is 0 Å². The third-order valence-electron chi connectivity index (χ3n) is 3.57. The van der Waals surface area contributed by atoms with Gasteiger partial charge in [-0.05, 0) is 50.3 Å². The minimum absolute atomic E-state index is 0.0420. The van der Waals surface area contributed by atoms with Gasteiger partial charge in [0, 0.05) is 18.3 Å². The Balaban J connectivity index is 2.01. The van der Waals surface area contributed by atoms with Gasteiger partial charge in [-0.1, -0.05) is 12.1 Å². The molecule has 5 nitrogen and oxygen atoms in total. The molecule has 0 spiro atoms. The Bertz CT molecular complexity index is 524. The molecule has 114 valence electrons. The fourth-order valence-corrected chi connectivity index (χ4v) is 2.24. The third-order valence-corrected chi connectivity index (χ3v) is 3.57. The van der Waals surface area contributed by atoms with E-state index in [0.717, 1.165) is 6.54 Å². The molecule has 2 amide bonds. The zero-order chi connectivity index (χ0) is 15.4. The summed E-state index contributed by atoms with van der Waals surface area (Å²) in [7, 11) is 0. The molecule has 0 aliphatic heterocycles. The molecule has 5 heteroatoms. The van der Waals surface area contributed by atoms with E-state index in [1.54, 1.807) is 24.3 Å². The van der Waals surface area contributed by atoms with E-state index in [1.165, 1.54) is 12.8 Å². The van der Waals surface area contributed by atoms with E-state index in [9.17, 15) is 9.59 Å². The Morgan fingerprint density at radius 3 is 2.67 bits per heavy atom. The van der Waals surface area contributed by atoms with Crippen molar-refractivity contribution < 1.29 is 14.7 Å². The lowest BCUT2D eigenvalue weighted by Crippen LogP contribution is -2.41. The van der Waals surface area contributed by atoms with Crippen LogP contribution in [-0.4, -0.2) is 34.6 Å². The average molecular weight is 290 g/mol. The molecular weight excluding hydrogens is 268 g/mol. The predicted octanol–water partition coefficient (Wildman–Crippen LogP) is 2.97. The first kappa shape index (κ1) is 15.4. The molecule has 0 saturated heterocycles. The van der Waals surface area contributed by atoms with Crippen molar-refractivity contribution in [2.45, 2.75) is 39.2 Å². The number of aliphatic carboxylic acids is 1. The van der Waals surface area contributed by atoms with Crippen LogP contribution in [0.3, 0.4) is 0 Å². The molecule has 2 rings (SSSR count). The molecule has 2 N–H and O–H groups in total. The van der Waals surface area contributed by atoms with Crippen molar-refractivity contribution in [2.24, 2.45) is 5.92 Å². The maximum absolute atomic E-state index is 12.3. The van der Waals surface area contributed by atoms with E-state index in [1.807, 2.05) is 18.7 Å². The molecule has 0 atom stereocenters. The van der Waals surface area contributed by atoms with Crippen molar-refractivity contribution in [3.8, 4) is 0 Å². The summed E-state index contributed by atoms with van der Waals surface area (Å²) in [4.78, 5) is 24.9. The first-order chi connectivity index (χ1) is 9.95. The number of carboxylic acids is 1. The smallest absolute Gasteiger partial charge is 0.322 e. The minimum Gasteiger partial charge on any atom is -0.481 e. The Hall–Kier alpha value is -2.04. The average Bonchev–Trinajstić information content (AvgIpc) is 3.18. The van der Waals surface area contributed by atoms with Crippen LogP contribution in [0.15, 0.2) is 24.3 Å². The third kappa shape index (κ3) is 4.77. The van der Waals surface area contributed by atoms with E-state index in [4.69, 9.17) is 5.11 Å². The molecule has 1 saturated carbocycles. The fraction of sp³-hybridized carbons (Fsp3) is 0.500. The maximum atomic E-state index is 12.3. The van der Waals surface area contributed by atoms with Crippen LogP contribution in [0.5, 0.6) is 0 Å². The SMILES string of the molecule is CC(C)N(CC1CC1)C(=O)Nc1cccc(CC(=O)O)c1. The number of hydrogen-bond donors (Lipinski definition) is 2. The van der Waals surface area contributed by atoms with E-state index in [2.05, 4.69) is 5.32 Å². The zero-order valence-corrected chi connectivity index (χ0v) is 12.5. The predicted molar refractivity (Wildman–Crippen MR) is 81.4 cm³/mol.